The highest BCUT2D eigenvalue weighted by molar-refractivity contribution is 5.77. The molecule has 1 fully saturated rings. The normalized spacial score (nSPS) is 21.1. The van der Waals surface area contributed by atoms with Gasteiger partial charge in [0.15, 0.2) is 0 Å². The van der Waals surface area contributed by atoms with Crippen molar-refractivity contribution in [3.8, 4) is 0 Å². The Balaban J connectivity index is 1.81. The lowest BCUT2D eigenvalue weighted by atomic mass is 10.1. The maximum Gasteiger partial charge on any atom is 0.222 e. The molecule has 2 rings (SSSR count). The zero-order valence-electron chi connectivity index (χ0n) is 10.1. The molecule has 2 atom stereocenters. The second-order valence-corrected chi connectivity index (χ2v) is 4.57. The predicted octanol–water partition coefficient (Wildman–Crippen LogP) is 1.40. The van der Waals surface area contributed by atoms with Crippen LogP contribution in [0.5, 0.6) is 0 Å². The topological polar surface area (TPSA) is 54.0 Å². The highest BCUT2D eigenvalue weighted by atomic mass is 16.1. The van der Waals surface area contributed by atoms with Gasteiger partial charge in [-0.2, -0.15) is 0 Å². The Morgan fingerprint density at radius 2 is 2.59 bits per heavy atom. The number of hydrogen-bond donors (Lipinski definition) is 2. The Hall–Kier alpha value is -1.42. The lowest BCUT2D eigenvalue weighted by Gasteiger charge is -2.16. The molecule has 92 valence electrons. The summed E-state index contributed by atoms with van der Waals surface area (Å²) >= 11 is 0. The van der Waals surface area contributed by atoms with Crippen molar-refractivity contribution in [1.29, 1.82) is 0 Å². The zero-order chi connectivity index (χ0) is 12.1. The van der Waals surface area contributed by atoms with Gasteiger partial charge in [-0.05, 0) is 37.9 Å². The number of amides is 1. The van der Waals surface area contributed by atoms with Crippen LogP contribution in [-0.4, -0.2) is 23.5 Å². The second kappa shape index (κ2) is 5.77. The van der Waals surface area contributed by atoms with Crippen molar-refractivity contribution < 1.29 is 4.79 Å². The van der Waals surface area contributed by atoms with Crippen LogP contribution >= 0.6 is 0 Å². The van der Waals surface area contributed by atoms with Crippen LogP contribution in [0.3, 0.4) is 0 Å². The molecule has 0 radical (unpaired) electrons. The van der Waals surface area contributed by atoms with Gasteiger partial charge in [0, 0.05) is 24.9 Å². The molecule has 2 N–H and O–H groups in total. The number of carbonyl (C=O) groups excluding carboxylic acids is 1. The Labute approximate surface area is 102 Å². The third-order valence-corrected chi connectivity index (χ3v) is 3.16. The van der Waals surface area contributed by atoms with E-state index in [9.17, 15) is 4.79 Å². The molecule has 4 heteroatoms. The molecule has 1 aromatic rings. The van der Waals surface area contributed by atoms with Gasteiger partial charge < -0.3 is 10.6 Å². The van der Waals surface area contributed by atoms with E-state index in [0.717, 1.165) is 18.5 Å². The van der Waals surface area contributed by atoms with Crippen LogP contribution in [0.15, 0.2) is 24.5 Å². The van der Waals surface area contributed by atoms with E-state index in [4.69, 9.17) is 0 Å². The lowest BCUT2D eigenvalue weighted by molar-refractivity contribution is -0.122. The standard InChI is InChI=1S/C13H19N3O/c1-10(11-4-2-6-14-9-11)16-13(17)8-12-5-3-7-15-12/h2,4,6,9-10,12,15H,3,5,7-8H2,1H3,(H,16,17). The largest absolute Gasteiger partial charge is 0.349 e. The van der Waals surface area contributed by atoms with Gasteiger partial charge in [0.2, 0.25) is 5.91 Å². The first-order chi connectivity index (χ1) is 8.25. The van der Waals surface area contributed by atoms with Crippen molar-refractivity contribution >= 4 is 5.91 Å². The van der Waals surface area contributed by atoms with E-state index in [2.05, 4.69) is 15.6 Å². The van der Waals surface area contributed by atoms with Crippen LogP contribution in [0.4, 0.5) is 0 Å². The lowest BCUT2D eigenvalue weighted by Crippen LogP contribution is -2.33. The molecule has 1 amide bonds. The van der Waals surface area contributed by atoms with Crippen molar-refractivity contribution in [2.45, 2.75) is 38.3 Å². The summed E-state index contributed by atoms with van der Waals surface area (Å²) in [7, 11) is 0. The molecular weight excluding hydrogens is 214 g/mol. The summed E-state index contributed by atoms with van der Waals surface area (Å²) in [6.45, 7) is 3.02. The number of rotatable bonds is 4. The van der Waals surface area contributed by atoms with Crippen molar-refractivity contribution in [1.82, 2.24) is 15.6 Å². The smallest absolute Gasteiger partial charge is 0.222 e. The molecule has 0 bridgehead atoms. The molecule has 2 heterocycles. The van der Waals surface area contributed by atoms with Gasteiger partial charge in [0.25, 0.3) is 0 Å². The highest BCUT2D eigenvalue weighted by Gasteiger charge is 2.18. The fraction of sp³-hybridized carbons (Fsp3) is 0.538. The Kier molecular flexibility index (Phi) is 4.09. The molecular formula is C13H19N3O. The summed E-state index contributed by atoms with van der Waals surface area (Å²) in [6, 6.07) is 4.25. The van der Waals surface area contributed by atoms with Crippen LogP contribution in [0.1, 0.15) is 37.8 Å². The van der Waals surface area contributed by atoms with Gasteiger partial charge in [-0.1, -0.05) is 6.07 Å². The fourth-order valence-corrected chi connectivity index (χ4v) is 2.17. The third-order valence-electron chi connectivity index (χ3n) is 3.16. The maximum absolute atomic E-state index is 11.8. The van der Waals surface area contributed by atoms with Gasteiger partial charge in [-0.15, -0.1) is 0 Å². The molecule has 1 saturated heterocycles. The predicted molar refractivity (Wildman–Crippen MR) is 66.4 cm³/mol. The third kappa shape index (κ3) is 3.53. The number of hydrogen-bond acceptors (Lipinski definition) is 3. The van der Waals surface area contributed by atoms with E-state index in [-0.39, 0.29) is 11.9 Å². The van der Waals surface area contributed by atoms with Crippen molar-refractivity contribution in [2.24, 2.45) is 0 Å². The van der Waals surface area contributed by atoms with Crippen LogP contribution in [0.25, 0.3) is 0 Å². The first kappa shape index (κ1) is 12.0. The van der Waals surface area contributed by atoms with E-state index in [1.807, 2.05) is 19.1 Å². The highest BCUT2D eigenvalue weighted by Crippen LogP contribution is 2.12. The van der Waals surface area contributed by atoms with E-state index in [0.29, 0.717) is 12.5 Å². The van der Waals surface area contributed by atoms with Crippen molar-refractivity contribution in [2.75, 3.05) is 6.54 Å². The van der Waals surface area contributed by atoms with Gasteiger partial charge in [-0.3, -0.25) is 9.78 Å². The molecule has 1 aliphatic heterocycles. The first-order valence-electron chi connectivity index (χ1n) is 6.18. The van der Waals surface area contributed by atoms with Gasteiger partial charge in [-0.25, -0.2) is 0 Å². The Morgan fingerprint density at radius 3 is 3.24 bits per heavy atom. The number of pyridine rings is 1. The molecule has 0 saturated carbocycles. The number of nitrogens with one attached hydrogen (secondary N) is 2. The zero-order valence-corrected chi connectivity index (χ0v) is 10.1. The van der Waals surface area contributed by atoms with E-state index >= 15 is 0 Å². The molecule has 17 heavy (non-hydrogen) atoms. The summed E-state index contributed by atoms with van der Waals surface area (Å²) in [5, 5.41) is 6.33. The minimum Gasteiger partial charge on any atom is -0.349 e. The average molecular weight is 233 g/mol. The molecule has 0 aliphatic carbocycles. The summed E-state index contributed by atoms with van der Waals surface area (Å²) in [6.07, 6.45) is 6.38. The summed E-state index contributed by atoms with van der Waals surface area (Å²) in [5.41, 5.74) is 1.04. The van der Waals surface area contributed by atoms with Crippen molar-refractivity contribution in [3.63, 3.8) is 0 Å². The summed E-state index contributed by atoms with van der Waals surface area (Å²) < 4.78 is 0. The minimum atomic E-state index is 0.0256. The quantitative estimate of drug-likeness (QED) is 0.826. The molecule has 2 unspecified atom stereocenters. The van der Waals surface area contributed by atoms with Crippen LogP contribution in [0.2, 0.25) is 0 Å². The van der Waals surface area contributed by atoms with E-state index in [1.54, 1.807) is 12.4 Å². The summed E-state index contributed by atoms with van der Waals surface area (Å²) in [4.78, 5) is 15.9. The average Bonchev–Trinajstić information content (AvgIpc) is 2.82. The van der Waals surface area contributed by atoms with Gasteiger partial charge >= 0.3 is 0 Å². The van der Waals surface area contributed by atoms with Crippen molar-refractivity contribution in [3.05, 3.63) is 30.1 Å². The Bertz CT molecular complexity index is 360. The monoisotopic (exact) mass is 233 g/mol. The van der Waals surface area contributed by atoms with E-state index < -0.39 is 0 Å². The second-order valence-electron chi connectivity index (χ2n) is 4.57. The van der Waals surface area contributed by atoms with E-state index in [1.165, 1.54) is 6.42 Å². The van der Waals surface area contributed by atoms with Gasteiger partial charge in [0.1, 0.15) is 0 Å². The van der Waals surface area contributed by atoms with Crippen LogP contribution < -0.4 is 10.6 Å². The maximum atomic E-state index is 11.8. The fourth-order valence-electron chi connectivity index (χ4n) is 2.17. The molecule has 1 aromatic heterocycles. The summed E-state index contributed by atoms with van der Waals surface area (Å²) in [5.74, 6) is 0.112. The number of carbonyl (C=O) groups is 1. The molecule has 0 spiro atoms. The number of aromatic nitrogens is 1. The molecule has 1 aliphatic rings. The van der Waals surface area contributed by atoms with Crippen LogP contribution in [-0.2, 0) is 4.79 Å². The Morgan fingerprint density at radius 1 is 1.71 bits per heavy atom. The molecule has 4 nitrogen and oxygen atoms in total. The minimum absolute atomic E-state index is 0.0256. The SMILES string of the molecule is CC(NC(=O)CC1CCCN1)c1cccnc1. The number of nitrogens with zero attached hydrogens (tertiary/aromatic N) is 1. The van der Waals surface area contributed by atoms with Crippen LogP contribution in [0, 0.1) is 0 Å². The van der Waals surface area contributed by atoms with Gasteiger partial charge in [0.05, 0.1) is 6.04 Å². The first-order valence-corrected chi connectivity index (χ1v) is 6.18. The molecule has 0 aromatic carbocycles.